The third kappa shape index (κ3) is 4.66. The van der Waals surface area contributed by atoms with Gasteiger partial charge in [-0.15, -0.1) is 11.3 Å². The number of hydrogen-bond acceptors (Lipinski definition) is 6. The Kier molecular flexibility index (Phi) is 6.55. The predicted octanol–water partition coefficient (Wildman–Crippen LogP) is 4.30. The SMILES string of the molecule is COc1ccccc1CNC(=O)[C@H]1CCCN(c2nc3ccsc3c(=O)n2-c2ccc(C)cc2)C1. The Hall–Kier alpha value is -3.65. The van der Waals surface area contributed by atoms with Crippen molar-refractivity contribution in [1.82, 2.24) is 14.9 Å². The molecule has 5 rings (SSSR count). The van der Waals surface area contributed by atoms with E-state index in [9.17, 15) is 9.59 Å². The molecule has 0 saturated carbocycles. The van der Waals surface area contributed by atoms with Crippen molar-refractivity contribution >= 4 is 33.4 Å². The zero-order valence-electron chi connectivity index (χ0n) is 19.9. The molecule has 7 nitrogen and oxygen atoms in total. The predicted molar refractivity (Wildman–Crippen MR) is 140 cm³/mol. The number of nitrogens with one attached hydrogen (secondary N) is 1. The lowest BCUT2D eigenvalue weighted by atomic mass is 9.97. The van der Waals surface area contributed by atoms with Gasteiger partial charge >= 0.3 is 0 Å². The summed E-state index contributed by atoms with van der Waals surface area (Å²) < 4.78 is 7.73. The number of carbonyl (C=O) groups excluding carboxylic acids is 1. The van der Waals surface area contributed by atoms with Gasteiger partial charge in [-0.25, -0.2) is 9.55 Å². The van der Waals surface area contributed by atoms with E-state index in [2.05, 4.69) is 10.2 Å². The highest BCUT2D eigenvalue weighted by Crippen LogP contribution is 2.27. The zero-order valence-corrected chi connectivity index (χ0v) is 20.7. The van der Waals surface area contributed by atoms with Crippen molar-refractivity contribution in [3.8, 4) is 11.4 Å². The maximum absolute atomic E-state index is 13.5. The van der Waals surface area contributed by atoms with Gasteiger partial charge < -0.3 is 15.0 Å². The van der Waals surface area contributed by atoms with Gasteiger partial charge in [-0.3, -0.25) is 9.59 Å². The van der Waals surface area contributed by atoms with Crippen LogP contribution >= 0.6 is 11.3 Å². The Bertz CT molecular complexity index is 1410. The molecule has 0 spiro atoms. The van der Waals surface area contributed by atoms with Gasteiger partial charge in [0.25, 0.3) is 5.56 Å². The molecule has 0 bridgehead atoms. The normalized spacial score (nSPS) is 15.8. The molecule has 0 radical (unpaired) electrons. The number of para-hydroxylation sites is 1. The number of fused-ring (bicyclic) bond motifs is 1. The van der Waals surface area contributed by atoms with E-state index in [1.807, 2.05) is 66.9 Å². The Morgan fingerprint density at radius 3 is 2.77 bits per heavy atom. The number of methoxy groups -OCH3 is 1. The van der Waals surface area contributed by atoms with Gasteiger partial charge in [-0.05, 0) is 49.4 Å². The van der Waals surface area contributed by atoms with Crippen LogP contribution in [0, 0.1) is 12.8 Å². The van der Waals surface area contributed by atoms with Crippen LogP contribution in [0.4, 0.5) is 5.95 Å². The second kappa shape index (κ2) is 9.92. The summed E-state index contributed by atoms with van der Waals surface area (Å²) in [6.07, 6.45) is 1.64. The van der Waals surface area contributed by atoms with E-state index in [0.29, 0.717) is 29.3 Å². The highest BCUT2D eigenvalue weighted by molar-refractivity contribution is 7.17. The molecule has 3 heterocycles. The van der Waals surface area contributed by atoms with Crippen LogP contribution in [0.15, 0.2) is 64.8 Å². The van der Waals surface area contributed by atoms with Crippen molar-refractivity contribution in [2.24, 2.45) is 5.92 Å². The van der Waals surface area contributed by atoms with Crippen LogP contribution in [0.2, 0.25) is 0 Å². The number of benzene rings is 2. The number of aryl methyl sites for hydroxylation is 1. The molecule has 1 saturated heterocycles. The molecule has 1 amide bonds. The van der Waals surface area contributed by atoms with Gasteiger partial charge in [0.05, 0.1) is 24.2 Å². The number of hydrogen-bond donors (Lipinski definition) is 1. The number of amides is 1. The first-order valence-electron chi connectivity index (χ1n) is 11.8. The Morgan fingerprint density at radius 1 is 1.17 bits per heavy atom. The molecular formula is C27H28N4O3S. The molecular weight excluding hydrogens is 460 g/mol. The van der Waals surface area contributed by atoms with Crippen molar-refractivity contribution < 1.29 is 9.53 Å². The number of nitrogens with zero attached hydrogens (tertiary/aromatic N) is 3. The first-order chi connectivity index (χ1) is 17.0. The minimum absolute atomic E-state index is 0.00134. The first-order valence-corrected chi connectivity index (χ1v) is 12.6. The maximum Gasteiger partial charge on any atom is 0.277 e. The molecule has 1 fully saturated rings. The number of rotatable bonds is 6. The van der Waals surface area contributed by atoms with Gasteiger partial charge in [0.2, 0.25) is 11.9 Å². The monoisotopic (exact) mass is 488 g/mol. The summed E-state index contributed by atoms with van der Waals surface area (Å²) in [5, 5.41) is 4.97. The number of carbonyl (C=O) groups is 1. The number of ether oxygens (including phenoxy) is 1. The number of aromatic nitrogens is 2. The van der Waals surface area contributed by atoms with Crippen LogP contribution in [-0.4, -0.2) is 35.7 Å². The lowest BCUT2D eigenvalue weighted by Crippen LogP contribution is -2.45. The number of piperidine rings is 1. The van der Waals surface area contributed by atoms with Gasteiger partial charge in [0, 0.05) is 25.2 Å². The van der Waals surface area contributed by atoms with Crippen LogP contribution in [-0.2, 0) is 11.3 Å². The average molecular weight is 489 g/mol. The topological polar surface area (TPSA) is 76.5 Å². The van der Waals surface area contributed by atoms with Crippen molar-refractivity contribution in [3.05, 3.63) is 81.5 Å². The van der Waals surface area contributed by atoms with Crippen molar-refractivity contribution in [2.45, 2.75) is 26.3 Å². The lowest BCUT2D eigenvalue weighted by molar-refractivity contribution is -0.125. The standard InChI is InChI=1S/C27H28N4O3S/c1-18-9-11-21(12-10-18)31-26(33)24-22(13-15-35-24)29-27(31)30-14-5-7-20(17-30)25(32)28-16-19-6-3-4-8-23(19)34-2/h3-4,6,8-13,15,20H,5,7,14,16-17H2,1-2H3,(H,28,32)/t20-/m0/s1. The smallest absolute Gasteiger partial charge is 0.277 e. The molecule has 0 aliphatic carbocycles. The second-order valence-electron chi connectivity index (χ2n) is 8.84. The van der Waals surface area contributed by atoms with E-state index in [4.69, 9.17) is 9.72 Å². The summed E-state index contributed by atoms with van der Waals surface area (Å²) >= 11 is 1.41. The van der Waals surface area contributed by atoms with Gasteiger partial charge in [-0.1, -0.05) is 35.9 Å². The van der Waals surface area contributed by atoms with Crippen LogP contribution in [0.1, 0.15) is 24.0 Å². The molecule has 2 aromatic carbocycles. The zero-order chi connectivity index (χ0) is 24.4. The van der Waals surface area contributed by atoms with E-state index in [-0.39, 0.29) is 17.4 Å². The number of thiophene rings is 1. The summed E-state index contributed by atoms with van der Waals surface area (Å²) in [5.41, 5.74) is 3.46. The highest BCUT2D eigenvalue weighted by Gasteiger charge is 2.29. The van der Waals surface area contributed by atoms with Crippen molar-refractivity contribution in [2.75, 3.05) is 25.1 Å². The summed E-state index contributed by atoms with van der Waals surface area (Å²) in [4.78, 5) is 33.6. The molecule has 1 aliphatic heterocycles. The van der Waals surface area contributed by atoms with Crippen molar-refractivity contribution in [1.29, 1.82) is 0 Å². The molecule has 8 heteroatoms. The maximum atomic E-state index is 13.5. The molecule has 1 aliphatic rings. The number of anilines is 1. The molecule has 1 N–H and O–H groups in total. The fraction of sp³-hybridized carbons (Fsp3) is 0.296. The summed E-state index contributed by atoms with van der Waals surface area (Å²) in [6, 6.07) is 17.4. The quantitative estimate of drug-likeness (QED) is 0.438. The second-order valence-corrected chi connectivity index (χ2v) is 9.75. The molecule has 35 heavy (non-hydrogen) atoms. The summed E-state index contributed by atoms with van der Waals surface area (Å²) in [6.45, 7) is 3.68. The average Bonchev–Trinajstić information content (AvgIpc) is 3.37. The molecule has 2 aromatic heterocycles. The Balaban J connectivity index is 1.42. The van der Waals surface area contributed by atoms with Gasteiger partial charge in [0.1, 0.15) is 10.4 Å². The third-order valence-corrected chi connectivity index (χ3v) is 7.37. The molecule has 180 valence electrons. The summed E-state index contributed by atoms with van der Waals surface area (Å²) in [5.74, 6) is 1.15. The minimum atomic E-state index is -0.194. The lowest BCUT2D eigenvalue weighted by Gasteiger charge is -2.34. The van der Waals surface area contributed by atoms with Gasteiger partial charge in [-0.2, -0.15) is 0 Å². The van der Waals surface area contributed by atoms with Crippen molar-refractivity contribution in [3.63, 3.8) is 0 Å². The first kappa shape index (κ1) is 23.1. The molecule has 1 atom stereocenters. The van der Waals surface area contributed by atoms with E-state index in [0.717, 1.165) is 42.0 Å². The van der Waals surface area contributed by atoms with E-state index >= 15 is 0 Å². The Morgan fingerprint density at radius 2 is 1.97 bits per heavy atom. The van der Waals surface area contributed by atoms with Crippen LogP contribution in [0.25, 0.3) is 15.9 Å². The van der Waals surface area contributed by atoms with Crippen LogP contribution < -0.4 is 20.5 Å². The van der Waals surface area contributed by atoms with Crippen LogP contribution in [0.5, 0.6) is 5.75 Å². The van der Waals surface area contributed by atoms with E-state index < -0.39 is 0 Å². The fourth-order valence-electron chi connectivity index (χ4n) is 4.59. The fourth-order valence-corrected chi connectivity index (χ4v) is 5.35. The van der Waals surface area contributed by atoms with Gasteiger partial charge in [0.15, 0.2) is 0 Å². The highest BCUT2D eigenvalue weighted by atomic mass is 32.1. The summed E-state index contributed by atoms with van der Waals surface area (Å²) in [7, 11) is 1.63. The largest absolute Gasteiger partial charge is 0.496 e. The van der Waals surface area contributed by atoms with E-state index in [1.54, 1.807) is 11.7 Å². The minimum Gasteiger partial charge on any atom is -0.496 e. The van der Waals surface area contributed by atoms with E-state index in [1.165, 1.54) is 11.3 Å². The van der Waals surface area contributed by atoms with Crippen LogP contribution in [0.3, 0.4) is 0 Å². The third-order valence-electron chi connectivity index (χ3n) is 6.48. The Labute approximate surface area is 208 Å². The molecule has 0 unspecified atom stereocenters. The molecule has 4 aromatic rings.